The van der Waals surface area contributed by atoms with Gasteiger partial charge in [-0.2, -0.15) is 0 Å². The SMILES string of the molecule is Cc1cc(I)cc(C)c1NC(=O)COC(=O)c1ccccc1Nc1ccccc1. The second-order valence-corrected chi connectivity index (χ2v) is 7.82. The van der Waals surface area contributed by atoms with Crippen molar-refractivity contribution in [3.8, 4) is 0 Å². The number of ether oxygens (including phenoxy) is 1. The Morgan fingerprint density at radius 3 is 2.24 bits per heavy atom. The van der Waals surface area contributed by atoms with E-state index in [-0.39, 0.29) is 12.5 Å². The van der Waals surface area contributed by atoms with E-state index >= 15 is 0 Å². The molecule has 0 unspecified atom stereocenters. The molecular weight excluding hydrogens is 479 g/mol. The van der Waals surface area contributed by atoms with Crippen LogP contribution in [0.5, 0.6) is 0 Å². The molecular formula is C23H21IN2O3. The Labute approximate surface area is 183 Å². The molecule has 3 aromatic carbocycles. The molecule has 0 radical (unpaired) electrons. The summed E-state index contributed by atoms with van der Waals surface area (Å²) in [4.78, 5) is 24.9. The number of para-hydroxylation sites is 2. The summed E-state index contributed by atoms with van der Waals surface area (Å²) in [5.41, 5.74) is 4.52. The Balaban J connectivity index is 1.65. The number of halogens is 1. The maximum atomic E-state index is 12.5. The van der Waals surface area contributed by atoms with E-state index in [4.69, 9.17) is 4.74 Å². The molecule has 0 fully saturated rings. The zero-order valence-corrected chi connectivity index (χ0v) is 18.3. The number of aryl methyl sites for hydroxylation is 2. The molecule has 0 spiro atoms. The van der Waals surface area contributed by atoms with Crippen molar-refractivity contribution in [3.05, 3.63) is 87.0 Å². The zero-order valence-electron chi connectivity index (χ0n) is 16.2. The van der Waals surface area contributed by atoms with Crippen LogP contribution in [0.4, 0.5) is 17.1 Å². The lowest BCUT2D eigenvalue weighted by Gasteiger charge is -2.14. The number of hydrogen-bond donors (Lipinski definition) is 2. The third kappa shape index (κ3) is 5.57. The van der Waals surface area contributed by atoms with Crippen molar-refractivity contribution in [2.45, 2.75) is 13.8 Å². The van der Waals surface area contributed by atoms with Gasteiger partial charge in [0.25, 0.3) is 5.91 Å². The minimum atomic E-state index is -0.560. The van der Waals surface area contributed by atoms with Crippen LogP contribution in [0.2, 0.25) is 0 Å². The predicted octanol–water partition coefficient (Wildman–Crippen LogP) is 5.45. The molecule has 0 aromatic heterocycles. The molecule has 3 rings (SSSR count). The highest BCUT2D eigenvalue weighted by atomic mass is 127. The first-order valence-electron chi connectivity index (χ1n) is 9.09. The van der Waals surface area contributed by atoms with Crippen molar-refractivity contribution < 1.29 is 14.3 Å². The van der Waals surface area contributed by atoms with Crippen molar-refractivity contribution in [1.82, 2.24) is 0 Å². The molecule has 0 saturated heterocycles. The fourth-order valence-electron chi connectivity index (χ4n) is 2.94. The van der Waals surface area contributed by atoms with Gasteiger partial charge in [-0.15, -0.1) is 0 Å². The minimum absolute atomic E-state index is 0.358. The van der Waals surface area contributed by atoms with Crippen molar-refractivity contribution in [2.24, 2.45) is 0 Å². The van der Waals surface area contributed by atoms with Crippen molar-refractivity contribution in [2.75, 3.05) is 17.2 Å². The van der Waals surface area contributed by atoms with Gasteiger partial charge in [0.15, 0.2) is 6.61 Å². The Bertz CT molecular complexity index is 1010. The van der Waals surface area contributed by atoms with E-state index in [0.717, 1.165) is 26.1 Å². The first-order valence-corrected chi connectivity index (χ1v) is 10.2. The molecule has 0 heterocycles. The van der Waals surface area contributed by atoms with Gasteiger partial charge in [-0.3, -0.25) is 4.79 Å². The van der Waals surface area contributed by atoms with Gasteiger partial charge in [-0.1, -0.05) is 30.3 Å². The number of benzene rings is 3. The molecule has 6 heteroatoms. The Kier molecular flexibility index (Phi) is 6.87. The Hall–Kier alpha value is -2.87. The van der Waals surface area contributed by atoms with E-state index in [1.807, 2.05) is 62.4 Å². The van der Waals surface area contributed by atoms with Crippen LogP contribution in [0, 0.1) is 17.4 Å². The molecule has 3 aromatic rings. The van der Waals surface area contributed by atoms with Crippen LogP contribution in [0.1, 0.15) is 21.5 Å². The molecule has 5 nitrogen and oxygen atoms in total. The van der Waals surface area contributed by atoms with E-state index in [2.05, 4.69) is 33.2 Å². The molecule has 148 valence electrons. The van der Waals surface area contributed by atoms with E-state index in [1.165, 1.54) is 0 Å². The van der Waals surface area contributed by atoms with Crippen molar-refractivity contribution in [3.63, 3.8) is 0 Å². The highest BCUT2D eigenvalue weighted by molar-refractivity contribution is 14.1. The van der Waals surface area contributed by atoms with Crippen molar-refractivity contribution >= 4 is 51.5 Å². The van der Waals surface area contributed by atoms with Crippen molar-refractivity contribution in [1.29, 1.82) is 0 Å². The summed E-state index contributed by atoms with van der Waals surface area (Å²) in [5.74, 6) is -0.936. The second kappa shape index (κ2) is 9.56. The first kappa shape index (κ1) is 20.9. The molecule has 0 aliphatic heterocycles. The summed E-state index contributed by atoms with van der Waals surface area (Å²) in [7, 11) is 0. The lowest BCUT2D eigenvalue weighted by molar-refractivity contribution is -0.119. The van der Waals surface area contributed by atoms with Crippen LogP contribution in [0.25, 0.3) is 0 Å². The maximum Gasteiger partial charge on any atom is 0.340 e. The molecule has 0 atom stereocenters. The highest BCUT2D eigenvalue weighted by Crippen LogP contribution is 2.24. The maximum absolute atomic E-state index is 12.5. The fraction of sp³-hybridized carbons (Fsp3) is 0.130. The Morgan fingerprint density at radius 2 is 1.55 bits per heavy atom. The summed E-state index contributed by atoms with van der Waals surface area (Å²) in [6.45, 7) is 3.51. The van der Waals surface area contributed by atoms with E-state index < -0.39 is 5.97 Å². The van der Waals surface area contributed by atoms with E-state index in [0.29, 0.717) is 11.3 Å². The molecule has 0 aliphatic carbocycles. The summed E-state index contributed by atoms with van der Waals surface area (Å²) >= 11 is 2.24. The smallest absolute Gasteiger partial charge is 0.340 e. The van der Waals surface area contributed by atoms with Gasteiger partial charge in [0.2, 0.25) is 0 Å². The number of carbonyl (C=O) groups excluding carboxylic acids is 2. The van der Waals surface area contributed by atoms with Gasteiger partial charge in [-0.25, -0.2) is 4.79 Å². The zero-order chi connectivity index (χ0) is 20.8. The van der Waals surface area contributed by atoms with Gasteiger partial charge in [-0.05, 0) is 84.0 Å². The van der Waals surface area contributed by atoms with Gasteiger partial charge >= 0.3 is 5.97 Å². The fourth-order valence-corrected chi connectivity index (χ4v) is 3.87. The third-order valence-corrected chi connectivity index (χ3v) is 4.92. The van der Waals surface area contributed by atoms with Crippen LogP contribution in [-0.4, -0.2) is 18.5 Å². The average molecular weight is 500 g/mol. The third-order valence-electron chi connectivity index (χ3n) is 4.30. The van der Waals surface area contributed by atoms with Gasteiger partial charge in [0.1, 0.15) is 0 Å². The van der Waals surface area contributed by atoms with E-state index in [1.54, 1.807) is 18.2 Å². The van der Waals surface area contributed by atoms with E-state index in [9.17, 15) is 9.59 Å². The topological polar surface area (TPSA) is 67.4 Å². The molecule has 0 bridgehead atoms. The molecule has 2 N–H and O–H groups in total. The number of amides is 1. The lowest BCUT2D eigenvalue weighted by atomic mass is 10.1. The largest absolute Gasteiger partial charge is 0.452 e. The quantitative estimate of drug-likeness (QED) is 0.349. The summed E-state index contributed by atoms with van der Waals surface area (Å²) < 4.78 is 6.35. The standard InChI is InChI=1S/C23H21IN2O3/c1-15-12-17(24)13-16(2)22(15)26-21(27)14-29-23(28)19-10-6-7-11-20(19)25-18-8-4-3-5-9-18/h3-13,25H,14H2,1-2H3,(H,26,27). The van der Waals surface area contributed by atoms with Crippen LogP contribution < -0.4 is 10.6 Å². The number of rotatable bonds is 6. The normalized spacial score (nSPS) is 10.3. The second-order valence-electron chi connectivity index (χ2n) is 6.58. The summed E-state index contributed by atoms with van der Waals surface area (Å²) in [6, 6.07) is 20.6. The molecule has 29 heavy (non-hydrogen) atoms. The molecule has 0 saturated carbocycles. The van der Waals surface area contributed by atoms with Crippen LogP contribution in [-0.2, 0) is 9.53 Å². The molecule has 0 aliphatic rings. The van der Waals surface area contributed by atoms with Crippen LogP contribution in [0.3, 0.4) is 0 Å². The number of hydrogen-bond acceptors (Lipinski definition) is 4. The van der Waals surface area contributed by atoms with Gasteiger partial charge in [0, 0.05) is 14.9 Å². The summed E-state index contributed by atoms with van der Waals surface area (Å²) in [6.07, 6.45) is 0. The minimum Gasteiger partial charge on any atom is -0.452 e. The number of esters is 1. The van der Waals surface area contributed by atoms with Gasteiger partial charge < -0.3 is 15.4 Å². The van der Waals surface area contributed by atoms with Crippen LogP contribution in [0.15, 0.2) is 66.7 Å². The lowest BCUT2D eigenvalue weighted by Crippen LogP contribution is -2.22. The van der Waals surface area contributed by atoms with Crippen LogP contribution >= 0.6 is 22.6 Å². The highest BCUT2D eigenvalue weighted by Gasteiger charge is 2.15. The number of nitrogens with one attached hydrogen (secondary N) is 2. The molecule has 1 amide bonds. The Morgan fingerprint density at radius 1 is 0.931 bits per heavy atom. The van der Waals surface area contributed by atoms with Gasteiger partial charge in [0.05, 0.1) is 11.3 Å². The first-order chi connectivity index (χ1) is 13.9. The monoisotopic (exact) mass is 500 g/mol. The number of anilines is 3. The summed E-state index contributed by atoms with van der Waals surface area (Å²) in [5, 5.41) is 6.03. The predicted molar refractivity (Wildman–Crippen MR) is 124 cm³/mol. The average Bonchev–Trinajstić information content (AvgIpc) is 2.70. The number of carbonyl (C=O) groups is 2.